The molecule has 7 heavy (non-hydrogen) atoms. The van der Waals surface area contributed by atoms with Crippen LogP contribution in [0.15, 0.2) is 0 Å². The summed E-state index contributed by atoms with van der Waals surface area (Å²) >= 11 is 0. The Morgan fingerprint density at radius 1 is 1.43 bits per heavy atom. The van der Waals surface area contributed by atoms with Gasteiger partial charge in [0.15, 0.2) is 0 Å². The van der Waals surface area contributed by atoms with Crippen LogP contribution in [-0.2, 0) is 25.8 Å². The molecule has 0 saturated heterocycles. The van der Waals surface area contributed by atoms with Gasteiger partial charge in [-0.2, -0.15) is 0 Å². The zero-order valence-electron chi connectivity index (χ0n) is 4.94. The summed E-state index contributed by atoms with van der Waals surface area (Å²) < 4.78 is 0. The molecular weight excluding hydrogens is 255 g/mol. The molecule has 0 amide bonds. The maximum Gasteiger partial charge on any atom is 0.00985 e. The van der Waals surface area contributed by atoms with Crippen molar-refractivity contribution < 1.29 is 25.8 Å². The minimum absolute atomic E-state index is 0. The number of rotatable bonds is 2. The van der Waals surface area contributed by atoms with Crippen molar-refractivity contribution in [1.29, 1.82) is 0 Å². The summed E-state index contributed by atoms with van der Waals surface area (Å²) in [6, 6.07) is 0. The Morgan fingerprint density at radius 3 is 1.86 bits per heavy atom. The molecule has 0 aromatic carbocycles. The van der Waals surface area contributed by atoms with E-state index in [1.165, 1.54) is 0 Å². The summed E-state index contributed by atoms with van der Waals surface area (Å²) in [6.07, 6.45) is 0. The van der Waals surface area contributed by atoms with Crippen LogP contribution in [-0.4, -0.2) is 32.1 Å². The van der Waals surface area contributed by atoms with Gasteiger partial charge in [-0.15, -0.1) is 0 Å². The zero-order valence-corrected chi connectivity index (χ0v) is 8.53. The topological polar surface area (TPSA) is 29.3 Å². The van der Waals surface area contributed by atoms with Crippen molar-refractivity contribution in [3.05, 3.63) is 0 Å². The molecule has 42 valence electrons. The maximum atomic E-state index is 5.19. The summed E-state index contributed by atoms with van der Waals surface area (Å²) in [7, 11) is 4.01. The van der Waals surface area contributed by atoms with Crippen LogP contribution < -0.4 is 5.73 Å². The predicted molar refractivity (Wildman–Crippen MR) is 27.6 cm³/mol. The van der Waals surface area contributed by atoms with Gasteiger partial charge >= 0.3 is 0 Å². The van der Waals surface area contributed by atoms with E-state index in [2.05, 4.69) is 4.90 Å². The third kappa shape index (κ3) is 10.8. The SMILES string of the molecule is CN(C)CCN.[Hf]. The van der Waals surface area contributed by atoms with Crippen molar-refractivity contribution in [1.82, 2.24) is 4.90 Å². The smallest absolute Gasteiger partial charge is 0.00985 e. The molecule has 2 nitrogen and oxygen atoms in total. The van der Waals surface area contributed by atoms with Crippen LogP contribution in [0.25, 0.3) is 0 Å². The van der Waals surface area contributed by atoms with E-state index in [0.717, 1.165) is 13.1 Å². The molecule has 0 rings (SSSR count). The number of hydrogen-bond acceptors (Lipinski definition) is 2. The molecule has 0 aliphatic rings. The van der Waals surface area contributed by atoms with E-state index in [1.54, 1.807) is 0 Å². The van der Waals surface area contributed by atoms with Crippen molar-refractivity contribution in [2.24, 2.45) is 5.73 Å². The minimum Gasteiger partial charge on any atom is -0.329 e. The van der Waals surface area contributed by atoms with Gasteiger partial charge in [0.2, 0.25) is 0 Å². The molecule has 0 atom stereocenters. The van der Waals surface area contributed by atoms with Gasteiger partial charge in [-0.25, -0.2) is 0 Å². The van der Waals surface area contributed by atoms with Gasteiger partial charge in [-0.1, -0.05) is 0 Å². The summed E-state index contributed by atoms with van der Waals surface area (Å²) in [5.74, 6) is 0. The van der Waals surface area contributed by atoms with Crippen LogP contribution in [0, 0.1) is 0 Å². The minimum atomic E-state index is 0. The second kappa shape index (κ2) is 6.79. The van der Waals surface area contributed by atoms with Gasteiger partial charge in [0.1, 0.15) is 0 Å². The fourth-order valence-corrected chi connectivity index (χ4v) is 0.258. The Morgan fingerprint density at radius 2 is 1.86 bits per heavy atom. The first kappa shape index (κ1) is 10.7. The summed E-state index contributed by atoms with van der Waals surface area (Å²) in [5.41, 5.74) is 5.19. The van der Waals surface area contributed by atoms with Crippen molar-refractivity contribution in [2.75, 3.05) is 27.2 Å². The van der Waals surface area contributed by atoms with Crippen molar-refractivity contribution in [2.45, 2.75) is 0 Å². The predicted octanol–water partition coefficient (Wildman–Crippen LogP) is -0.496. The molecule has 0 saturated carbocycles. The summed E-state index contributed by atoms with van der Waals surface area (Å²) in [5, 5.41) is 0. The Kier molecular flexibility index (Phi) is 10.4. The largest absolute Gasteiger partial charge is 0.329 e. The van der Waals surface area contributed by atoms with Gasteiger partial charge in [0.25, 0.3) is 0 Å². The van der Waals surface area contributed by atoms with E-state index < -0.39 is 0 Å². The molecule has 0 radical (unpaired) electrons. The average Bonchev–Trinajstić information content (AvgIpc) is 1.35. The van der Waals surface area contributed by atoms with E-state index in [-0.39, 0.29) is 25.8 Å². The number of nitrogens with zero attached hydrogens (tertiary/aromatic N) is 1. The molecule has 3 heteroatoms. The molecule has 0 bridgehead atoms. The normalized spacial score (nSPS) is 8.57. The van der Waals surface area contributed by atoms with E-state index in [4.69, 9.17) is 5.73 Å². The van der Waals surface area contributed by atoms with E-state index in [1.807, 2.05) is 14.1 Å². The molecule has 0 aromatic rings. The third-order valence-electron chi connectivity index (χ3n) is 0.576. The number of hydrogen-bond donors (Lipinski definition) is 1. The van der Waals surface area contributed by atoms with E-state index in [9.17, 15) is 0 Å². The Bertz CT molecular complexity index is 30.9. The van der Waals surface area contributed by atoms with Crippen molar-refractivity contribution in [3.8, 4) is 0 Å². The molecular formula is C4H12HfN2. The molecule has 0 aromatic heterocycles. The van der Waals surface area contributed by atoms with Gasteiger partial charge in [0.05, 0.1) is 0 Å². The fourth-order valence-electron chi connectivity index (χ4n) is 0.258. The number of nitrogens with two attached hydrogens (primary N) is 1. The van der Waals surface area contributed by atoms with Crippen LogP contribution in [0.3, 0.4) is 0 Å². The third-order valence-corrected chi connectivity index (χ3v) is 0.576. The van der Waals surface area contributed by atoms with Gasteiger partial charge < -0.3 is 10.6 Å². The van der Waals surface area contributed by atoms with Gasteiger partial charge in [-0.3, -0.25) is 0 Å². The Balaban J connectivity index is 0. The molecule has 0 unspecified atom stereocenters. The van der Waals surface area contributed by atoms with Crippen LogP contribution in [0.1, 0.15) is 0 Å². The van der Waals surface area contributed by atoms with Gasteiger partial charge in [-0.05, 0) is 14.1 Å². The monoisotopic (exact) mass is 268 g/mol. The second-order valence-electron chi connectivity index (χ2n) is 1.59. The molecule has 0 fully saturated rings. The van der Waals surface area contributed by atoms with Crippen LogP contribution in [0.2, 0.25) is 0 Å². The van der Waals surface area contributed by atoms with Gasteiger partial charge in [0, 0.05) is 38.9 Å². The Labute approximate surface area is 63.8 Å². The van der Waals surface area contributed by atoms with E-state index in [0.29, 0.717) is 0 Å². The molecule has 0 heterocycles. The maximum absolute atomic E-state index is 5.19. The standard InChI is InChI=1S/C4H12N2.Hf/c1-6(2)4-3-5;/h3-5H2,1-2H3;. The van der Waals surface area contributed by atoms with Crippen LogP contribution >= 0.6 is 0 Å². The molecule has 0 aliphatic heterocycles. The molecule has 0 aliphatic carbocycles. The van der Waals surface area contributed by atoms with Crippen LogP contribution in [0.4, 0.5) is 0 Å². The second-order valence-corrected chi connectivity index (χ2v) is 1.59. The number of likely N-dealkylation sites (N-methyl/N-ethyl adjacent to an activating group) is 1. The zero-order chi connectivity index (χ0) is 4.99. The first-order valence-electron chi connectivity index (χ1n) is 2.12. The van der Waals surface area contributed by atoms with E-state index >= 15 is 0 Å². The fraction of sp³-hybridized carbons (Fsp3) is 1.00. The first-order chi connectivity index (χ1) is 2.77. The average molecular weight is 267 g/mol. The molecule has 2 N–H and O–H groups in total. The van der Waals surface area contributed by atoms with Crippen LogP contribution in [0.5, 0.6) is 0 Å². The Hall–Kier alpha value is 0.790. The van der Waals surface area contributed by atoms with Crippen molar-refractivity contribution >= 4 is 0 Å². The molecule has 0 spiro atoms. The quantitative estimate of drug-likeness (QED) is 0.683. The van der Waals surface area contributed by atoms with Crippen molar-refractivity contribution in [3.63, 3.8) is 0 Å². The first-order valence-corrected chi connectivity index (χ1v) is 2.12. The summed E-state index contributed by atoms with van der Waals surface area (Å²) in [6.45, 7) is 1.74. The summed E-state index contributed by atoms with van der Waals surface area (Å²) in [4.78, 5) is 2.06.